The average molecular weight is 420 g/mol. The molecule has 0 radical (unpaired) electrons. The molecule has 1 saturated carbocycles. The second kappa shape index (κ2) is 7.61. The summed E-state index contributed by atoms with van der Waals surface area (Å²) in [7, 11) is 1.60. The van der Waals surface area contributed by atoms with Gasteiger partial charge in [0, 0.05) is 23.4 Å². The summed E-state index contributed by atoms with van der Waals surface area (Å²) in [5.41, 5.74) is 2.79. The van der Waals surface area contributed by atoms with Crippen LogP contribution in [-0.4, -0.2) is 51.9 Å². The molecule has 5 rings (SSSR count). The molecule has 2 fully saturated rings. The number of rotatable bonds is 6. The van der Waals surface area contributed by atoms with Crippen LogP contribution in [0.4, 0.5) is 0 Å². The van der Waals surface area contributed by atoms with Gasteiger partial charge in [-0.3, -0.25) is 14.7 Å². The lowest BCUT2D eigenvalue weighted by molar-refractivity contribution is 0.0172. The molecule has 0 atom stereocenters. The number of ether oxygens (including phenoxy) is 2. The lowest BCUT2D eigenvalue weighted by atomic mass is 10.1. The van der Waals surface area contributed by atoms with E-state index in [1.807, 2.05) is 41.8 Å². The number of likely N-dealkylation sites (tertiary alicyclic amines) is 1. The number of aromatic nitrogens is 3. The van der Waals surface area contributed by atoms with Crippen molar-refractivity contribution in [3.05, 3.63) is 64.2 Å². The number of nitrogens with one attached hydrogen (secondary N) is 1. The highest BCUT2D eigenvalue weighted by Crippen LogP contribution is 2.35. The van der Waals surface area contributed by atoms with E-state index in [4.69, 9.17) is 9.47 Å². The van der Waals surface area contributed by atoms with Gasteiger partial charge in [-0.05, 0) is 44.0 Å². The van der Waals surface area contributed by atoms with Gasteiger partial charge in [0.15, 0.2) is 0 Å². The fraction of sp³-hybridized carbons (Fsp3) is 0.348. The first-order valence-electron chi connectivity index (χ1n) is 10.4. The lowest BCUT2D eigenvalue weighted by Crippen LogP contribution is -2.56. The van der Waals surface area contributed by atoms with Crippen molar-refractivity contribution < 1.29 is 14.3 Å². The van der Waals surface area contributed by atoms with Gasteiger partial charge in [-0.25, -0.2) is 0 Å². The van der Waals surface area contributed by atoms with E-state index in [1.165, 1.54) is 0 Å². The first-order chi connectivity index (χ1) is 15.0. The fourth-order valence-corrected chi connectivity index (χ4v) is 4.02. The van der Waals surface area contributed by atoms with Crippen molar-refractivity contribution in [3.8, 4) is 22.8 Å². The number of H-pyrrole nitrogens is 1. The van der Waals surface area contributed by atoms with Crippen LogP contribution in [0.5, 0.6) is 11.5 Å². The first kappa shape index (κ1) is 19.4. The van der Waals surface area contributed by atoms with Crippen LogP contribution in [0, 0.1) is 6.92 Å². The van der Waals surface area contributed by atoms with Crippen molar-refractivity contribution in [1.82, 2.24) is 19.7 Å². The smallest absolute Gasteiger partial charge is 0.272 e. The molecule has 1 aliphatic carbocycles. The van der Waals surface area contributed by atoms with E-state index >= 15 is 0 Å². The van der Waals surface area contributed by atoms with Crippen LogP contribution in [0.3, 0.4) is 0 Å². The minimum atomic E-state index is -0.131. The molecule has 8 heteroatoms. The maximum absolute atomic E-state index is 12.8. The van der Waals surface area contributed by atoms with Gasteiger partial charge >= 0.3 is 0 Å². The summed E-state index contributed by atoms with van der Waals surface area (Å²) in [6, 6.07) is 13.1. The minimum Gasteiger partial charge on any atom is -0.496 e. The highest BCUT2D eigenvalue weighted by atomic mass is 16.5. The quantitative estimate of drug-likeness (QED) is 0.662. The van der Waals surface area contributed by atoms with Gasteiger partial charge in [-0.15, -0.1) is 0 Å². The van der Waals surface area contributed by atoms with E-state index < -0.39 is 0 Å². The third kappa shape index (κ3) is 3.69. The number of pyridine rings is 1. The first-order valence-corrected chi connectivity index (χ1v) is 10.4. The standard InChI is InChI=1S/C23H24N4O4/c1-14-9-16(10-22(28)27(14)15-7-8-15)31-17-12-26(13-17)23(29)20-11-19(24-25-20)18-5-3-4-6-21(18)30-2/h3-6,9-11,15,17H,7-8,12-13H2,1-2H3,(H,24,25). The number of methoxy groups -OCH3 is 1. The monoisotopic (exact) mass is 420 g/mol. The molecule has 1 aromatic carbocycles. The summed E-state index contributed by atoms with van der Waals surface area (Å²) in [6.45, 7) is 2.86. The highest BCUT2D eigenvalue weighted by Gasteiger charge is 2.34. The Morgan fingerprint density at radius 2 is 1.94 bits per heavy atom. The van der Waals surface area contributed by atoms with E-state index in [9.17, 15) is 9.59 Å². The van der Waals surface area contributed by atoms with Crippen molar-refractivity contribution in [1.29, 1.82) is 0 Å². The number of aryl methyl sites for hydroxylation is 1. The predicted molar refractivity (Wildman–Crippen MR) is 115 cm³/mol. The van der Waals surface area contributed by atoms with Gasteiger partial charge in [0.25, 0.3) is 11.5 Å². The predicted octanol–water partition coefficient (Wildman–Crippen LogP) is 2.79. The van der Waals surface area contributed by atoms with Crippen molar-refractivity contribution in [2.24, 2.45) is 0 Å². The SMILES string of the molecule is COc1ccccc1-c1cc(C(=O)N2CC(Oc3cc(C)n(C4CC4)c(=O)c3)C2)[nH]n1. The topological polar surface area (TPSA) is 89.5 Å². The fourth-order valence-electron chi connectivity index (χ4n) is 4.02. The molecule has 1 N–H and O–H groups in total. The summed E-state index contributed by atoms with van der Waals surface area (Å²) in [5, 5.41) is 7.09. The van der Waals surface area contributed by atoms with Crippen LogP contribution in [0.2, 0.25) is 0 Å². The van der Waals surface area contributed by atoms with Gasteiger partial charge in [0.2, 0.25) is 0 Å². The van der Waals surface area contributed by atoms with Gasteiger partial charge < -0.3 is 18.9 Å². The Kier molecular flexibility index (Phi) is 4.77. The number of hydrogen-bond acceptors (Lipinski definition) is 5. The van der Waals surface area contributed by atoms with Gasteiger partial charge in [0.05, 0.1) is 25.9 Å². The number of carbonyl (C=O) groups is 1. The number of aromatic amines is 1. The Morgan fingerprint density at radius 3 is 2.65 bits per heavy atom. The van der Waals surface area contributed by atoms with Gasteiger partial charge in [0.1, 0.15) is 23.3 Å². The summed E-state index contributed by atoms with van der Waals surface area (Å²) >= 11 is 0. The number of hydrogen-bond donors (Lipinski definition) is 1. The average Bonchev–Trinajstić information content (AvgIpc) is 3.43. The zero-order valence-electron chi connectivity index (χ0n) is 17.5. The molecule has 1 saturated heterocycles. The molecule has 3 aromatic rings. The lowest BCUT2D eigenvalue weighted by Gasteiger charge is -2.38. The van der Waals surface area contributed by atoms with E-state index in [1.54, 1.807) is 24.1 Å². The molecular weight excluding hydrogens is 396 g/mol. The Morgan fingerprint density at radius 1 is 1.16 bits per heavy atom. The van der Waals surface area contributed by atoms with Gasteiger partial charge in [-0.1, -0.05) is 12.1 Å². The third-order valence-electron chi connectivity index (χ3n) is 5.78. The second-order valence-electron chi connectivity index (χ2n) is 8.09. The Balaban J connectivity index is 1.22. The number of amides is 1. The molecule has 1 amide bonds. The number of carbonyl (C=O) groups excluding carboxylic acids is 1. The van der Waals surface area contributed by atoms with Crippen LogP contribution in [-0.2, 0) is 0 Å². The Bertz CT molecular complexity index is 1190. The number of nitrogens with zero attached hydrogens (tertiary/aromatic N) is 3. The van der Waals surface area contributed by atoms with Crippen molar-refractivity contribution >= 4 is 5.91 Å². The maximum Gasteiger partial charge on any atom is 0.272 e. The molecule has 0 unspecified atom stereocenters. The van der Waals surface area contributed by atoms with Crippen LogP contribution < -0.4 is 15.0 Å². The summed E-state index contributed by atoms with van der Waals surface area (Å²) in [4.78, 5) is 26.8. The van der Waals surface area contributed by atoms with Crippen LogP contribution in [0.1, 0.15) is 35.1 Å². The van der Waals surface area contributed by atoms with Crippen LogP contribution in [0.15, 0.2) is 47.3 Å². The molecule has 0 spiro atoms. The van der Waals surface area contributed by atoms with E-state index in [2.05, 4.69) is 10.2 Å². The van der Waals surface area contributed by atoms with E-state index in [0.29, 0.717) is 42.0 Å². The Hall–Kier alpha value is -3.55. The minimum absolute atomic E-state index is 0.0221. The van der Waals surface area contributed by atoms with Crippen LogP contribution >= 0.6 is 0 Å². The number of para-hydroxylation sites is 1. The van der Waals surface area contributed by atoms with Crippen molar-refractivity contribution in [3.63, 3.8) is 0 Å². The Labute approximate surface area is 179 Å². The normalized spacial score (nSPS) is 16.1. The molecule has 8 nitrogen and oxygen atoms in total. The van der Waals surface area contributed by atoms with Crippen molar-refractivity contribution in [2.45, 2.75) is 31.9 Å². The zero-order valence-corrected chi connectivity index (χ0v) is 17.5. The zero-order chi connectivity index (χ0) is 21.5. The molecule has 3 heterocycles. The molecule has 1 aliphatic heterocycles. The van der Waals surface area contributed by atoms with E-state index in [0.717, 1.165) is 24.1 Å². The molecule has 160 valence electrons. The molecule has 0 bridgehead atoms. The molecule has 31 heavy (non-hydrogen) atoms. The maximum atomic E-state index is 12.8. The largest absolute Gasteiger partial charge is 0.496 e. The van der Waals surface area contributed by atoms with E-state index in [-0.39, 0.29) is 17.6 Å². The summed E-state index contributed by atoms with van der Waals surface area (Å²) < 4.78 is 13.1. The third-order valence-corrected chi connectivity index (χ3v) is 5.78. The molecular formula is C23H24N4O4. The van der Waals surface area contributed by atoms with Crippen LogP contribution in [0.25, 0.3) is 11.3 Å². The summed E-state index contributed by atoms with van der Waals surface area (Å²) in [5.74, 6) is 1.13. The number of benzene rings is 1. The molecule has 2 aliphatic rings. The highest BCUT2D eigenvalue weighted by molar-refractivity contribution is 5.94. The summed E-state index contributed by atoms with van der Waals surface area (Å²) in [6.07, 6.45) is 2.00. The second-order valence-corrected chi connectivity index (χ2v) is 8.09. The van der Waals surface area contributed by atoms with Gasteiger partial charge in [-0.2, -0.15) is 5.10 Å². The van der Waals surface area contributed by atoms with Crippen molar-refractivity contribution in [2.75, 3.05) is 20.2 Å². The molecule has 2 aromatic heterocycles.